The molecule has 14 heteroatoms. The van der Waals surface area contributed by atoms with Gasteiger partial charge >= 0.3 is 6.03 Å². The minimum atomic E-state index is -3.11. The van der Waals surface area contributed by atoms with Crippen LogP contribution in [0.15, 0.2) is 12.1 Å². The number of anilines is 1. The van der Waals surface area contributed by atoms with Gasteiger partial charge in [-0.05, 0) is 31.6 Å². The van der Waals surface area contributed by atoms with Gasteiger partial charge < -0.3 is 26.4 Å². The van der Waals surface area contributed by atoms with Crippen LogP contribution in [0.2, 0.25) is 0 Å². The molecule has 40 heavy (non-hydrogen) atoms. The van der Waals surface area contributed by atoms with Gasteiger partial charge in [-0.3, -0.25) is 39.0 Å². The van der Waals surface area contributed by atoms with Crippen LogP contribution in [0.25, 0.3) is 0 Å². The molecule has 4 amide bonds. The van der Waals surface area contributed by atoms with E-state index in [4.69, 9.17) is 5.73 Å². The third kappa shape index (κ3) is 3.93. The molecule has 3 aliphatic rings. The molecule has 0 spiro atoms. The van der Waals surface area contributed by atoms with Crippen molar-refractivity contribution in [3.63, 3.8) is 0 Å². The monoisotopic (exact) mass is 558 g/mol. The van der Waals surface area contributed by atoms with Gasteiger partial charge in [0.1, 0.15) is 5.75 Å². The molecule has 7 N–H and O–H groups in total. The van der Waals surface area contributed by atoms with Crippen molar-refractivity contribution in [3.8, 4) is 5.75 Å². The highest BCUT2D eigenvalue weighted by Gasteiger charge is 2.72. The van der Waals surface area contributed by atoms with Crippen LogP contribution in [0.3, 0.4) is 0 Å². The lowest BCUT2D eigenvalue weighted by Gasteiger charge is -2.56. The zero-order valence-electron chi connectivity index (χ0n) is 22.1. The number of ketones is 4. The van der Waals surface area contributed by atoms with Crippen LogP contribution in [0.5, 0.6) is 5.75 Å². The number of aromatic hydroxyl groups is 1. The number of carbonyl (C=O) groups excluding carboxylic acids is 7. The molecule has 0 heterocycles. The topological polar surface area (TPSA) is 233 Å². The number of primary amides is 1. The quantitative estimate of drug-likeness (QED) is 0.183. The van der Waals surface area contributed by atoms with E-state index < -0.39 is 94.1 Å². The van der Waals surface area contributed by atoms with Crippen molar-refractivity contribution >= 4 is 46.7 Å². The second kappa shape index (κ2) is 9.87. The van der Waals surface area contributed by atoms with Crippen LogP contribution in [0.4, 0.5) is 10.5 Å². The molecule has 0 bridgehead atoms. The smallest absolute Gasteiger partial charge is 0.325 e. The number of rotatable bonds is 4. The lowest BCUT2D eigenvalue weighted by molar-refractivity contribution is -0.196. The van der Waals surface area contributed by atoms with Crippen molar-refractivity contribution in [2.24, 2.45) is 29.4 Å². The molecule has 2 saturated carbocycles. The normalized spacial score (nSPS) is 33.1. The molecule has 2 fully saturated rings. The van der Waals surface area contributed by atoms with Crippen LogP contribution < -0.4 is 16.4 Å². The fourth-order valence-electron chi connectivity index (χ4n) is 6.46. The standard InChI is InChI=1S/C26H30N4O10/c1-5-11(31)29-25(39)28-10-7-6-9-8(2)12-14(19(33)13(9)18(10)32)22(36)26(40)16(20(12)34)17(30(3)4)21(35)15(23(26)37)24(27)38/h6-8,12,14-17,20,32,34,40H,5H2,1-4H3,(H2,27,38)(H2,28,29,31,39). The Morgan fingerprint density at radius 2 is 1.73 bits per heavy atom. The minimum absolute atomic E-state index is 0.00656. The van der Waals surface area contributed by atoms with Crippen LogP contribution >= 0.6 is 0 Å². The summed E-state index contributed by atoms with van der Waals surface area (Å²) < 4.78 is 0. The van der Waals surface area contributed by atoms with E-state index in [2.05, 4.69) is 5.32 Å². The van der Waals surface area contributed by atoms with E-state index in [1.165, 1.54) is 38.1 Å². The number of aliphatic hydroxyl groups excluding tert-OH is 1. The maximum absolute atomic E-state index is 13.9. The summed E-state index contributed by atoms with van der Waals surface area (Å²) in [7, 11) is 2.81. The molecular weight excluding hydrogens is 528 g/mol. The van der Waals surface area contributed by atoms with Crippen LogP contribution in [-0.2, 0) is 24.0 Å². The number of nitrogens with zero attached hydrogens (tertiary/aromatic N) is 1. The van der Waals surface area contributed by atoms with E-state index in [1.54, 1.807) is 6.92 Å². The fourth-order valence-corrected chi connectivity index (χ4v) is 6.46. The Morgan fingerprint density at radius 3 is 2.27 bits per heavy atom. The largest absolute Gasteiger partial charge is 0.505 e. The van der Waals surface area contributed by atoms with Gasteiger partial charge in [-0.2, -0.15) is 0 Å². The molecule has 0 aromatic heterocycles. The van der Waals surface area contributed by atoms with Crippen molar-refractivity contribution in [1.82, 2.24) is 10.2 Å². The Labute approximate surface area is 227 Å². The van der Waals surface area contributed by atoms with Crippen molar-refractivity contribution < 1.29 is 48.9 Å². The number of hydrogen-bond acceptors (Lipinski definition) is 11. The highest BCUT2D eigenvalue weighted by atomic mass is 16.3. The maximum Gasteiger partial charge on any atom is 0.325 e. The third-order valence-corrected chi connectivity index (χ3v) is 8.31. The summed E-state index contributed by atoms with van der Waals surface area (Å²) in [5.74, 6) is -15.3. The molecule has 1 aromatic carbocycles. The highest BCUT2D eigenvalue weighted by molar-refractivity contribution is 6.32. The predicted octanol–water partition coefficient (Wildman–Crippen LogP) is -1.54. The number of nitrogens with two attached hydrogens (primary N) is 1. The molecule has 1 aromatic rings. The Balaban J connectivity index is 1.84. The first-order chi connectivity index (χ1) is 18.6. The average Bonchev–Trinajstić information content (AvgIpc) is 2.87. The SMILES string of the molecule is CCC(=O)NC(=O)Nc1ccc2c(c1O)C(=O)C1C(=O)C3(O)C(=O)C(C(N)=O)C(=O)C(N(C)C)C3C(O)C1C2C. The zero-order chi connectivity index (χ0) is 30.0. The molecule has 0 radical (unpaired) electrons. The Morgan fingerprint density at radius 1 is 1.10 bits per heavy atom. The van der Waals surface area contributed by atoms with Crippen molar-refractivity contribution in [1.29, 1.82) is 0 Å². The molecular formula is C26H30N4O10. The fraction of sp³-hybridized carbons (Fsp3) is 0.500. The number of likely N-dealkylation sites (N-methyl/N-ethyl adjacent to an activating group) is 1. The van der Waals surface area contributed by atoms with Gasteiger partial charge in [-0.15, -0.1) is 0 Å². The number of benzene rings is 1. The van der Waals surface area contributed by atoms with Gasteiger partial charge in [0.25, 0.3) is 0 Å². The number of phenolic OH excluding ortho intramolecular Hbond substituents is 1. The van der Waals surface area contributed by atoms with Crippen LogP contribution in [0.1, 0.15) is 42.1 Å². The van der Waals surface area contributed by atoms with Gasteiger partial charge in [-0.1, -0.05) is 19.9 Å². The number of nitrogens with one attached hydrogen (secondary N) is 2. The predicted molar refractivity (Wildman–Crippen MR) is 135 cm³/mol. The number of amides is 4. The Kier molecular flexibility index (Phi) is 7.15. The second-order valence-electron chi connectivity index (χ2n) is 10.6. The molecule has 14 nitrogen and oxygen atoms in total. The van der Waals surface area contributed by atoms with Gasteiger partial charge in [0.15, 0.2) is 34.7 Å². The van der Waals surface area contributed by atoms with Gasteiger partial charge in [0.05, 0.1) is 35.2 Å². The van der Waals surface area contributed by atoms with Crippen LogP contribution in [-0.4, -0.2) is 93.0 Å². The highest BCUT2D eigenvalue weighted by Crippen LogP contribution is 2.55. The zero-order valence-corrected chi connectivity index (χ0v) is 22.1. The first-order valence-corrected chi connectivity index (χ1v) is 12.6. The summed E-state index contributed by atoms with van der Waals surface area (Å²) in [6.07, 6.45) is -1.74. The first-order valence-electron chi connectivity index (χ1n) is 12.6. The van der Waals surface area contributed by atoms with Gasteiger partial charge in [0.2, 0.25) is 11.8 Å². The van der Waals surface area contributed by atoms with Crippen LogP contribution in [0, 0.1) is 23.7 Å². The molecule has 3 aliphatic carbocycles. The summed E-state index contributed by atoms with van der Waals surface area (Å²) >= 11 is 0. The summed E-state index contributed by atoms with van der Waals surface area (Å²) in [5, 5.41) is 38.4. The number of fused-ring (bicyclic) bond motifs is 3. The molecule has 0 aliphatic heterocycles. The summed E-state index contributed by atoms with van der Waals surface area (Å²) in [6.45, 7) is 3.08. The lowest BCUT2D eigenvalue weighted by atomic mass is 9.49. The Bertz CT molecular complexity index is 1370. The minimum Gasteiger partial charge on any atom is -0.505 e. The Hall–Kier alpha value is -4.01. The summed E-state index contributed by atoms with van der Waals surface area (Å²) in [4.78, 5) is 91.2. The first kappa shape index (κ1) is 29.0. The number of imide groups is 1. The van der Waals surface area contributed by atoms with Crippen molar-refractivity contribution in [2.75, 3.05) is 19.4 Å². The van der Waals surface area contributed by atoms with Crippen molar-refractivity contribution in [3.05, 3.63) is 23.3 Å². The van der Waals surface area contributed by atoms with E-state index in [0.717, 1.165) is 0 Å². The maximum atomic E-state index is 13.9. The number of phenols is 1. The molecule has 8 unspecified atom stereocenters. The number of Topliss-reactive ketones (excluding diaryl/α,β-unsaturated/α-hetero) is 4. The van der Waals surface area contributed by atoms with E-state index >= 15 is 0 Å². The lowest BCUT2D eigenvalue weighted by Crippen LogP contribution is -2.77. The van der Waals surface area contributed by atoms with Gasteiger partial charge in [0, 0.05) is 12.3 Å². The van der Waals surface area contributed by atoms with E-state index in [9.17, 15) is 48.9 Å². The van der Waals surface area contributed by atoms with E-state index in [0.29, 0.717) is 0 Å². The average molecular weight is 559 g/mol. The molecule has 8 atom stereocenters. The van der Waals surface area contributed by atoms with Gasteiger partial charge in [-0.25, -0.2) is 4.79 Å². The second-order valence-corrected chi connectivity index (χ2v) is 10.6. The molecule has 0 saturated heterocycles. The summed E-state index contributed by atoms with van der Waals surface area (Å²) in [6, 6.07) is 0.220. The third-order valence-electron chi connectivity index (χ3n) is 8.31. The number of urea groups is 1. The number of aliphatic hydroxyl groups is 2. The van der Waals surface area contributed by atoms with E-state index in [1.807, 2.05) is 5.32 Å². The number of carbonyl (C=O) groups is 7. The number of hydrogen-bond donors (Lipinski definition) is 6. The molecule has 4 rings (SSSR count). The van der Waals surface area contributed by atoms with E-state index in [-0.39, 0.29) is 23.2 Å². The summed E-state index contributed by atoms with van der Waals surface area (Å²) in [5.41, 5.74) is 1.74. The molecule has 214 valence electrons. The van der Waals surface area contributed by atoms with Crippen molar-refractivity contribution in [2.45, 2.75) is 43.9 Å².